The Morgan fingerprint density at radius 1 is 1.50 bits per heavy atom. The first-order valence-electron chi connectivity index (χ1n) is 6.25. The Hall–Kier alpha value is -0.210. The summed E-state index contributed by atoms with van der Waals surface area (Å²) in [6, 6.07) is 2.17. The van der Waals surface area contributed by atoms with Crippen molar-refractivity contribution in [3.05, 3.63) is 27.4 Å². The maximum atomic E-state index is 13.8. The van der Waals surface area contributed by atoms with E-state index in [0.29, 0.717) is 11.0 Å². The lowest BCUT2D eigenvalue weighted by Crippen LogP contribution is -2.38. The Labute approximate surface area is 131 Å². The zero-order valence-electron chi connectivity index (χ0n) is 10.6. The second-order valence-electron chi connectivity index (χ2n) is 4.76. The number of rotatable bonds is 4. The molecule has 0 saturated carbocycles. The minimum absolute atomic E-state index is 0.158. The number of nitrogens with one attached hydrogen (secondary N) is 2. The standard InChI is InChI=1S/C12H15BrClFN2O2S/c13-9-4-11(15)12(5-10(9)14)20(18,19)17-7-8-2-1-3-16-6-8/h4-5,8,16-17H,1-3,6-7H2. The van der Waals surface area contributed by atoms with Crippen LogP contribution < -0.4 is 10.0 Å². The summed E-state index contributed by atoms with van der Waals surface area (Å²) in [6.07, 6.45) is 1.98. The molecule has 1 saturated heterocycles. The highest BCUT2D eigenvalue weighted by molar-refractivity contribution is 9.10. The summed E-state index contributed by atoms with van der Waals surface area (Å²) in [5.74, 6) is -0.594. The first kappa shape index (κ1) is 16.2. The zero-order chi connectivity index (χ0) is 14.8. The third-order valence-corrected chi connectivity index (χ3v) is 5.86. The van der Waals surface area contributed by atoms with E-state index in [1.165, 1.54) is 0 Å². The van der Waals surface area contributed by atoms with Gasteiger partial charge in [-0.1, -0.05) is 11.6 Å². The Kier molecular flexibility index (Phi) is 5.42. The predicted octanol–water partition coefficient (Wildman–Crippen LogP) is 2.52. The van der Waals surface area contributed by atoms with Crippen molar-refractivity contribution in [3.8, 4) is 0 Å². The van der Waals surface area contributed by atoms with Gasteiger partial charge in [-0.2, -0.15) is 0 Å². The van der Waals surface area contributed by atoms with Gasteiger partial charge >= 0.3 is 0 Å². The smallest absolute Gasteiger partial charge is 0.243 e. The molecule has 0 aromatic heterocycles. The van der Waals surface area contributed by atoms with Crippen LogP contribution in [0.2, 0.25) is 5.02 Å². The predicted molar refractivity (Wildman–Crippen MR) is 79.9 cm³/mol. The second-order valence-corrected chi connectivity index (χ2v) is 7.76. The van der Waals surface area contributed by atoms with E-state index in [0.717, 1.165) is 38.1 Å². The van der Waals surface area contributed by atoms with Crippen molar-refractivity contribution in [3.63, 3.8) is 0 Å². The van der Waals surface area contributed by atoms with Crippen LogP contribution >= 0.6 is 27.5 Å². The van der Waals surface area contributed by atoms with Crippen LogP contribution in [0.3, 0.4) is 0 Å². The molecule has 2 N–H and O–H groups in total. The molecule has 8 heteroatoms. The van der Waals surface area contributed by atoms with E-state index >= 15 is 0 Å². The lowest BCUT2D eigenvalue weighted by molar-refractivity contribution is 0.375. The average molecular weight is 386 g/mol. The van der Waals surface area contributed by atoms with E-state index in [9.17, 15) is 12.8 Å². The summed E-state index contributed by atoms with van der Waals surface area (Å²) in [6.45, 7) is 2.02. The third-order valence-electron chi connectivity index (χ3n) is 3.23. The zero-order valence-corrected chi connectivity index (χ0v) is 13.8. The fraction of sp³-hybridized carbons (Fsp3) is 0.500. The van der Waals surface area contributed by atoms with E-state index in [-0.39, 0.29) is 10.9 Å². The molecule has 0 spiro atoms. The molecule has 0 radical (unpaired) electrons. The monoisotopic (exact) mass is 384 g/mol. The Morgan fingerprint density at radius 2 is 2.25 bits per heavy atom. The first-order chi connectivity index (χ1) is 9.40. The van der Waals surface area contributed by atoms with Gasteiger partial charge in [0.05, 0.1) is 5.02 Å². The Balaban J connectivity index is 2.11. The van der Waals surface area contributed by atoms with E-state index in [4.69, 9.17) is 11.6 Å². The van der Waals surface area contributed by atoms with Crippen LogP contribution in [-0.2, 0) is 10.0 Å². The van der Waals surface area contributed by atoms with Crippen LogP contribution in [0.1, 0.15) is 12.8 Å². The molecule has 1 aromatic carbocycles. The molecule has 0 bridgehead atoms. The summed E-state index contributed by atoms with van der Waals surface area (Å²) in [7, 11) is -3.89. The number of benzene rings is 1. The number of hydrogen-bond acceptors (Lipinski definition) is 3. The van der Waals surface area contributed by atoms with Gasteiger partial charge in [0, 0.05) is 11.0 Å². The maximum Gasteiger partial charge on any atom is 0.243 e. The molecular formula is C12H15BrClFN2O2S. The van der Waals surface area contributed by atoms with Gasteiger partial charge in [-0.25, -0.2) is 17.5 Å². The van der Waals surface area contributed by atoms with Crippen molar-refractivity contribution in [1.29, 1.82) is 0 Å². The fourth-order valence-corrected chi connectivity index (χ4v) is 3.86. The van der Waals surface area contributed by atoms with Gasteiger partial charge in [-0.05, 0) is 59.9 Å². The minimum Gasteiger partial charge on any atom is -0.316 e. The molecule has 4 nitrogen and oxygen atoms in total. The van der Waals surface area contributed by atoms with Crippen LogP contribution in [0.15, 0.2) is 21.5 Å². The minimum atomic E-state index is -3.89. The van der Waals surface area contributed by atoms with Crippen LogP contribution in [0.25, 0.3) is 0 Å². The fourth-order valence-electron chi connectivity index (χ4n) is 2.11. The van der Waals surface area contributed by atoms with Gasteiger partial charge < -0.3 is 5.32 Å². The van der Waals surface area contributed by atoms with Crippen molar-refractivity contribution >= 4 is 37.6 Å². The SMILES string of the molecule is O=S(=O)(NCC1CCCNC1)c1cc(Cl)c(Br)cc1F. The van der Waals surface area contributed by atoms with Crippen molar-refractivity contribution < 1.29 is 12.8 Å². The number of sulfonamides is 1. The normalized spacial score (nSPS) is 20.1. The average Bonchev–Trinajstić information content (AvgIpc) is 2.42. The topological polar surface area (TPSA) is 58.2 Å². The van der Waals surface area contributed by atoms with Crippen LogP contribution in [0, 0.1) is 11.7 Å². The van der Waals surface area contributed by atoms with E-state index in [1.54, 1.807) is 0 Å². The first-order valence-corrected chi connectivity index (χ1v) is 8.90. The molecule has 0 amide bonds. The maximum absolute atomic E-state index is 13.8. The highest BCUT2D eigenvalue weighted by atomic mass is 79.9. The lowest BCUT2D eigenvalue weighted by Gasteiger charge is -2.22. The highest BCUT2D eigenvalue weighted by Gasteiger charge is 2.22. The van der Waals surface area contributed by atoms with Crippen LogP contribution in [0.4, 0.5) is 4.39 Å². The largest absolute Gasteiger partial charge is 0.316 e. The number of halogens is 3. The number of piperidine rings is 1. The number of hydrogen-bond donors (Lipinski definition) is 2. The molecule has 1 aromatic rings. The summed E-state index contributed by atoms with van der Waals surface area (Å²) < 4.78 is 40.8. The molecule has 1 atom stereocenters. The quantitative estimate of drug-likeness (QED) is 0.783. The van der Waals surface area contributed by atoms with E-state index < -0.39 is 20.7 Å². The van der Waals surface area contributed by atoms with Crippen molar-refractivity contribution in [2.75, 3.05) is 19.6 Å². The third kappa shape index (κ3) is 3.92. The molecule has 2 rings (SSSR count). The summed E-state index contributed by atoms with van der Waals surface area (Å²) in [4.78, 5) is -0.422. The van der Waals surface area contributed by atoms with Gasteiger partial charge in [0.25, 0.3) is 0 Å². The van der Waals surface area contributed by atoms with Crippen LogP contribution in [-0.4, -0.2) is 28.1 Å². The van der Waals surface area contributed by atoms with Gasteiger partial charge in [0.1, 0.15) is 10.7 Å². The van der Waals surface area contributed by atoms with E-state index in [2.05, 4.69) is 26.0 Å². The summed E-state index contributed by atoms with van der Waals surface area (Å²) in [5.41, 5.74) is 0. The molecule has 1 fully saturated rings. The lowest BCUT2D eigenvalue weighted by atomic mass is 10.0. The molecular weight excluding hydrogens is 371 g/mol. The summed E-state index contributed by atoms with van der Waals surface area (Å²) in [5, 5.41) is 3.36. The molecule has 1 heterocycles. The second kappa shape index (κ2) is 6.70. The molecule has 20 heavy (non-hydrogen) atoms. The molecule has 1 unspecified atom stereocenters. The van der Waals surface area contributed by atoms with E-state index in [1.807, 2.05) is 0 Å². The molecule has 112 valence electrons. The van der Waals surface area contributed by atoms with Crippen LogP contribution in [0.5, 0.6) is 0 Å². The van der Waals surface area contributed by atoms with Gasteiger partial charge in [0.15, 0.2) is 0 Å². The van der Waals surface area contributed by atoms with Gasteiger partial charge in [-0.3, -0.25) is 0 Å². The van der Waals surface area contributed by atoms with Gasteiger partial charge in [-0.15, -0.1) is 0 Å². The Morgan fingerprint density at radius 3 is 2.90 bits per heavy atom. The van der Waals surface area contributed by atoms with Crippen molar-refractivity contribution in [2.45, 2.75) is 17.7 Å². The molecule has 1 aliphatic heterocycles. The summed E-state index contributed by atoms with van der Waals surface area (Å²) >= 11 is 8.88. The highest BCUT2D eigenvalue weighted by Crippen LogP contribution is 2.28. The van der Waals surface area contributed by atoms with Crippen molar-refractivity contribution in [2.24, 2.45) is 5.92 Å². The Bertz CT molecular complexity index is 591. The van der Waals surface area contributed by atoms with Crippen molar-refractivity contribution in [1.82, 2.24) is 10.0 Å². The van der Waals surface area contributed by atoms with Gasteiger partial charge in [0.2, 0.25) is 10.0 Å². The molecule has 1 aliphatic rings. The molecule has 0 aliphatic carbocycles.